The van der Waals surface area contributed by atoms with E-state index in [9.17, 15) is 13.2 Å². The van der Waals surface area contributed by atoms with E-state index < -0.39 is 10.0 Å². The number of nitrogens with one attached hydrogen (secondary N) is 2. The highest BCUT2D eigenvalue weighted by Gasteiger charge is 2.18. The van der Waals surface area contributed by atoms with Crippen LogP contribution in [0.2, 0.25) is 0 Å². The van der Waals surface area contributed by atoms with Gasteiger partial charge < -0.3 is 5.32 Å². The maximum absolute atomic E-state index is 12.6. The van der Waals surface area contributed by atoms with Crippen LogP contribution in [0.5, 0.6) is 0 Å². The summed E-state index contributed by atoms with van der Waals surface area (Å²) in [7, 11) is -3.75. The predicted molar refractivity (Wildman–Crippen MR) is 129 cm³/mol. The van der Waals surface area contributed by atoms with E-state index >= 15 is 0 Å². The van der Waals surface area contributed by atoms with Crippen molar-refractivity contribution in [1.29, 1.82) is 0 Å². The zero-order valence-electron chi connectivity index (χ0n) is 18.4. The van der Waals surface area contributed by atoms with Gasteiger partial charge in [0.15, 0.2) is 0 Å². The number of hydrogen-bond acceptors (Lipinski definition) is 5. The largest absolute Gasteiger partial charge is 0.322 e. The number of rotatable bonds is 6. The lowest BCUT2D eigenvalue weighted by molar-refractivity contribution is -0.111. The number of carbonyl (C=O) groups is 1. The molecule has 0 saturated heterocycles. The van der Waals surface area contributed by atoms with Gasteiger partial charge in [-0.15, -0.1) is 0 Å². The molecule has 0 bridgehead atoms. The van der Waals surface area contributed by atoms with Crippen molar-refractivity contribution in [3.05, 3.63) is 77.6 Å². The molecule has 2 heterocycles. The normalized spacial score (nSPS) is 13.8. The van der Waals surface area contributed by atoms with Crippen LogP contribution in [0.4, 0.5) is 5.69 Å². The summed E-state index contributed by atoms with van der Waals surface area (Å²) in [5.74, 6) is 0.0955. The molecular formula is C24H25N5O3S. The van der Waals surface area contributed by atoms with Crippen molar-refractivity contribution in [2.75, 3.05) is 11.9 Å². The first-order chi connectivity index (χ1) is 15.8. The van der Waals surface area contributed by atoms with Crippen LogP contribution in [0.1, 0.15) is 29.8 Å². The first-order valence-electron chi connectivity index (χ1n) is 10.6. The van der Waals surface area contributed by atoms with Crippen LogP contribution in [0.3, 0.4) is 0 Å². The molecule has 1 aromatic heterocycles. The van der Waals surface area contributed by atoms with Gasteiger partial charge in [0.25, 0.3) is 10.0 Å². The number of anilines is 1. The van der Waals surface area contributed by atoms with Crippen LogP contribution in [0.25, 0.3) is 11.8 Å². The van der Waals surface area contributed by atoms with E-state index in [4.69, 9.17) is 0 Å². The number of sulfonamides is 1. The quantitative estimate of drug-likeness (QED) is 0.545. The van der Waals surface area contributed by atoms with Gasteiger partial charge in [-0.1, -0.05) is 24.3 Å². The Morgan fingerprint density at radius 1 is 1.09 bits per heavy atom. The van der Waals surface area contributed by atoms with Crippen LogP contribution >= 0.6 is 0 Å². The third-order valence-electron chi connectivity index (χ3n) is 5.29. The lowest BCUT2D eigenvalue weighted by Gasteiger charge is -2.09. The van der Waals surface area contributed by atoms with Gasteiger partial charge in [0.1, 0.15) is 5.84 Å². The first kappa shape index (κ1) is 22.5. The fraction of sp³-hybridized carbons (Fsp3) is 0.208. The molecule has 170 valence electrons. The van der Waals surface area contributed by atoms with Gasteiger partial charge in [-0.2, -0.15) is 5.10 Å². The molecule has 0 unspecified atom stereocenters. The molecule has 0 atom stereocenters. The van der Waals surface area contributed by atoms with Gasteiger partial charge in [0.2, 0.25) is 5.91 Å². The molecule has 0 saturated carbocycles. The zero-order valence-corrected chi connectivity index (χ0v) is 19.3. The summed E-state index contributed by atoms with van der Waals surface area (Å²) in [5.41, 5.74) is 3.89. The highest BCUT2D eigenvalue weighted by Crippen LogP contribution is 2.20. The summed E-state index contributed by atoms with van der Waals surface area (Å²) < 4.78 is 29.6. The van der Waals surface area contributed by atoms with Crippen LogP contribution < -0.4 is 10.0 Å². The zero-order chi connectivity index (χ0) is 23.4. The number of aryl methyl sites for hydroxylation is 1. The molecule has 9 heteroatoms. The molecule has 0 spiro atoms. The highest BCUT2D eigenvalue weighted by atomic mass is 32.2. The number of nitrogens with zero attached hydrogens (tertiary/aromatic N) is 3. The van der Waals surface area contributed by atoms with E-state index in [2.05, 4.69) is 20.1 Å². The molecule has 1 aliphatic heterocycles. The minimum Gasteiger partial charge on any atom is -0.322 e. The second-order valence-corrected chi connectivity index (χ2v) is 9.40. The Morgan fingerprint density at radius 2 is 1.88 bits per heavy atom. The SMILES string of the molecule is Cc1nn(-c2ccccc2)c(C)c1/C=C/C(=O)Nc1cccc(S(=O)(=O)NC2=NCCC2)c1. The third-order valence-corrected chi connectivity index (χ3v) is 6.67. The Balaban J connectivity index is 1.48. The third kappa shape index (κ3) is 5.20. The van der Waals surface area contributed by atoms with E-state index in [0.29, 0.717) is 24.5 Å². The number of aliphatic imine (C=N–C) groups is 1. The molecule has 4 rings (SSSR count). The van der Waals surface area contributed by atoms with Gasteiger partial charge in [0.05, 0.1) is 16.3 Å². The molecule has 2 aromatic carbocycles. The molecule has 2 N–H and O–H groups in total. The minimum atomic E-state index is -3.75. The van der Waals surface area contributed by atoms with Crippen molar-refractivity contribution in [2.24, 2.45) is 4.99 Å². The monoisotopic (exact) mass is 463 g/mol. The molecule has 0 aliphatic carbocycles. The molecule has 0 fully saturated rings. The van der Waals surface area contributed by atoms with Gasteiger partial charge in [-0.3, -0.25) is 14.5 Å². The van der Waals surface area contributed by atoms with E-state index in [-0.39, 0.29) is 10.8 Å². The standard InChI is InChI=1S/C24H25N5O3S/c1-17-22(18(2)29(27-17)20-9-4-3-5-10-20)13-14-24(30)26-19-8-6-11-21(16-19)33(31,32)28-23-12-7-15-25-23/h3-6,8-11,13-14,16H,7,12,15H2,1-2H3,(H,25,28)(H,26,30)/b14-13+. The van der Waals surface area contributed by atoms with Crippen LogP contribution in [-0.4, -0.2) is 36.5 Å². The average Bonchev–Trinajstić information content (AvgIpc) is 3.40. The van der Waals surface area contributed by atoms with Crippen molar-refractivity contribution >= 4 is 33.5 Å². The van der Waals surface area contributed by atoms with Crippen LogP contribution in [0, 0.1) is 13.8 Å². The summed E-state index contributed by atoms with van der Waals surface area (Å²) in [6, 6.07) is 15.9. The van der Waals surface area contributed by atoms with Gasteiger partial charge in [0, 0.05) is 36.0 Å². The number of benzene rings is 2. The van der Waals surface area contributed by atoms with Gasteiger partial charge in [-0.05, 0) is 56.7 Å². The molecule has 33 heavy (non-hydrogen) atoms. The minimum absolute atomic E-state index is 0.0645. The fourth-order valence-corrected chi connectivity index (χ4v) is 4.77. The topological polar surface area (TPSA) is 105 Å². The Bertz CT molecular complexity index is 1340. The Kier molecular flexibility index (Phi) is 6.41. The maximum Gasteiger partial charge on any atom is 0.262 e. The van der Waals surface area contributed by atoms with E-state index in [1.807, 2.05) is 48.9 Å². The van der Waals surface area contributed by atoms with E-state index in [1.54, 1.807) is 18.2 Å². The maximum atomic E-state index is 12.6. The highest BCUT2D eigenvalue weighted by molar-refractivity contribution is 7.90. The summed E-state index contributed by atoms with van der Waals surface area (Å²) in [6.45, 7) is 4.46. The summed E-state index contributed by atoms with van der Waals surface area (Å²) in [4.78, 5) is 16.7. The number of aromatic nitrogens is 2. The number of para-hydroxylation sites is 1. The molecular weight excluding hydrogens is 438 g/mol. The van der Waals surface area contributed by atoms with Crippen LogP contribution in [-0.2, 0) is 14.8 Å². The van der Waals surface area contributed by atoms with Crippen molar-refractivity contribution < 1.29 is 13.2 Å². The van der Waals surface area contributed by atoms with Crippen LogP contribution in [0.15, 0.2) is 70.6 Å². The lowest BCUT2D eigenvalue weighted by Crippen LogP contribution is -2.29. The van der Waals surface area contributed by atoms with E-state index in [0.717, 1.165) is 29.1 Å². The average molecular weight is 464 g/mol. The molecule has 8 nitrogen and oxygen atoms in total. The van der Waals surface area contributed by atoms with Crippen molar-refractivity contribution in [3.63, 3.8) is 0 Å². The second kappa shape index (κ2) is 9.41. The van der Waals surface area contributed by atoms with Crippen molar-refractivity contribution in [1.82, 2.24) is 14.5 Å². The first-order valence-corrected chi connectivity index (χ1v) is 12.1. The number of amidine groups is 1. The summed E-state index contributed by atoms with van der Waals surface area (Å²) in [6.07, 6.45) is 4.58. The molecule has 1 amide bonds. The Labute approximate surface area is 193 Å². The molecule has 0 radical (unpaired) electrons. The predicted octanol–water partition coefficient (Wildman–Crippen LogP) is 3.61. The van der Waals surface area contributed by atoms with Gasteiger partial charge >= 0.3 is 0 Å². The lowest BCUT2D eigenvalue weighted by atomic mass is 10.2. The number of carbonyl (C=O) groups excluding carboxylic acids is 1. The van der Waals surface area contributed by atoms with Crippen molar-refractivity contribution in [3.8, 4) is 5.69 Å². The van der Waals surface area contributed by atoms with Crippen molar-refractivity contribution in [2.45, 2.75) is 31.6 Å². The molecule has 1 aliphatic rings. The summed E-state index contributed by atoms with van der Waals surface area (Å²) >= 11 is 0. The Hall–Kier alpha value is -3.72. The number of amides is 1. The van der Waals surface area contributed by atoms with E-state index in [1.165, 1.54) is 18.2 Å². The molecule has 3 aromatic rings. The van der Waals surface area contributed by atoms with Gasteiger partial charge in [-0.25, -0.2) is 13.1 Å². The fourth-order valence-electron chi connectivity index (χ4n) is 3.64. The Morgan fingerprint density at radius 3 is 2.61 bits per heavy atom. The number of hydrogen-bond donors (Lipinski definition) is 2. The second-order valence-electron chi connectivity index (χ2n) is 7.72. The summed E-state index contributed by atoms with van der Waals surface area (Å²) in [5, 5.41) is 7.29. The smallest absolute Gasteiger partial charge is 0.262 e.